The molecule has 0 heterocycles. The standard InChI is InChI=1S/C41H77N2O9P/c1-6-8-10-11-12-13-14-15-16-17-22-26-38(45)37(33-52-53(49,50)51-31-30-43(3,4)5)42-41(48)27-23-19-18-21-25-35-36(40(47)32-39(35)46)29-28-34(44)24-20-9-7-2/h14-15,22,26,28-29,34-40,44-47H,6-13,16-21,23-25,27,30-33H2,1-5H3,(H-,42,48,49,50)/b15-14-,26-22+,29-28+/t34-,35+,36+,37-,38+,39-,40+/m0/s1. The van der Waals surface area contributed by atoms with Gasteiger partial charge in [-0.3, -0.25) is 9.36 Å². The Morgan fingerprint density at radius 2 is 1.49 bits per heavy atom. The summed E-state index contributed by atoms with van der Waals surface area (Å²) in [7, 11) is 1.10. The van der Waals surface area contributed by atoms with E-state index in [2.05, 4.69) is 31.3 Å². The third-order valence-corrected chi connectivity index (χ3v) is 10.9. The summed E-state index contributed by atoms with van der Waals surface area (Å²) in [5.41, 5.74) is 0. The summed E-state index contributed by atoms with van der Waals surface area (Å²) in [5, 5.41) is 45.1. The number of unbranched alkanes of at least 4 members (excludes halogenated alkanes) is 11. The Morgan fingerprint density at radius 1 is 0.849 bits per heavy atom. The largest absolute Gasteiger partial charge is 0.756 e. The van der Waals surface area contributed by atoms with E-state index in [-0.39, 0.29) is 30.8 Å². The number of nitrogens with zero attached hydrogens (tertiary/aromatic N) is 1. The number of carbonyl (C=O) groups is 1. The molecule has 1 unspecified atom stereocenters. The Kier molecular flexibility index (Phi) is 27.1. The van der Waals surface area contributed by atoms with Crippen LogP contribution in [0, 0.1) is 11.8 Å². The van der Waals surface area contributed by atoms with E-state index < -0.39 is 44.9 Å². The van der Waals surface area contributed by atoms with Crippen LogP contribution in [0.5, 0.6) is 0 Å². The lowest BCUT2D eigenvalue weighted by Gasteiger charge is -2.29. The van der Waals surface area contributed by atoms with Crippen LogP contribution >= 0.6 is 7.82 Å². The number of hydrogen-bond acceptors (Lipinski definition) is 9. The lowest BCUT2D eigenvalue weighted by atomic mass is 9.88. The van der Waals surface area contributed by atoms with Crippen molar-refractivity contribution < 1.29 is 48.2 Å². The van der Waals surface area contributed by atoms with Crippen LogP contribution in [0.2, 0.25) is 0 Å². The lowest BCUT2D eigenvalue weighted by Crippen LogP contribution is -2.45. The maximum absolute atomic E-state index is 12.9. The summed E-state index contributed by atoms with van der Waals surface area (Å²) in [6.07, 6.45) is 25.4. The minimum absolute atomic E-state index is 0.0457. The topological polar surface area (TPSA) is 169 Å². The van der Waals surface area contributed by atoms with Crippen LogP contribution in [-0.4, -0.2) is 102 Å². The molecular weight excluding hydrogens is 695 g/mol. The van der Waals surface area contributed by atoms with Gasteiger partial charge in [0.1, 0.15) is 13.2 Å². The number of phosphoric ester groups is 1. The first-order chi connectivity index (χ1) is 25.2. The quantitative estimate of drug-likeness (QED) is 0.0222. The molecule has 1 fully saturated rings. The maximum atomic E-state index is 12.9. The number of rotatable bonds is 32. The van der Waals surface area contributed by atoms with Gasteiger partial charge < -0.3 is 44.2 Å². The number of carbonyl (C=O) groups excluding carboxylic acids is 1. The van der Waals surface area contributed by atoms with E-state index in [0.29, 0.717) is 36.7 Å². The molecule has 1 rings (SSSR count). The fraction of sp³-hybridized carbons (Fsp3) is 0.829. The molecule has 0 aliphatic heterocycles. The highest BCUT2D eigenvalue weighted by molar-refractivity contribution is 7.45. The minimum atomic E-state index is -4.65. The molecule has 0 aromatic rings. The van der Waals surface area contributed by atoms with E-state index in [4.69, 9.17) is 9.05 Å². The molecule has 0 radical (unpaired) electrons. The Hall–Kier alpha value is -1.40. The average Bonchev–Trinajstić information content (AvgIpc) is 3.36. The van der Waals surface area contributed by atoms with Gasteiger partial charge in [-0.2, -0.15) is 0 Å². The summed E-state index contributed by atoms with van der Waals surface area (Å²) in [4.78, 5) is 25.4. The number of hydrogen-bond donors (Lipinski definition) is 5. The number of amides is 1. The Balaban J connectivity index is 2.60. The first-order valence-electron chi connectivity index (χ1n) is 20.6. The van der Waals surface area contributed by atoms with Crippen LogP contribution in [0.3, 0.4) is 0 Å². The van der Waals surface area contributed by atoms with Gasteiger partial charge in [-0.15, -0.1) is 0 Å². The number of allylic oxidation sites excluding steroid dienone is 3. The zero-order valence-corrected chi connectivity index (χ0v) is 34.7. The smallest absolute Gasteiger partial charge is 0.268 e. The van der Waals surface area contributed by atoms with E-state index >= 15 is 0 Å². The zero-order valence-electron chi connectivity index (χ0n) is 33.8. The molecule has 53 heavy (non-hydrogen) atoms. The Labute approximate surface area is 322 Å². The average molecular weight is 773 g/mol. The highest BCUT2D eigenvalue weighted by Gasteiger charge is 2.39. The van der Waals surface area contributed by atoms with E-state index in [0.717, 1.165) is 57.8 Å². The molecule has 0 aromatic heterocycles. The Bertz CT molecular complexity index is 1080. The molecule has 1 amide bonds. The van der Waals surface area contributed by atoms with Crippen molar-refractivity contribution in [1.29, 1.82) is 0 Å². The molecule has 1 aliphatic rings. The van der Waals surface area contributed by atoms with Crippen LogP contribution < -0.4 is 10.2 Å². The van der Waals surface area contributed by atoms with Crippen molar-refractivity contribution in [2.45, 2.75) is 166 Å². The van der Waals surface area contributed by atoms with Gasteiger partial charge >= 0.3 is 0 Å². The molecule has 0 saturated heterocycles. The highest BCUT2D eigenvalue weighted by Crippen LogP contribution is 2.39. The number of aliphatic hydroxyl groups is 4. The van der Waals surface area contributed by atoms with Crippen molar-refractivity contribution in [3.8, 4) is 0 Å². The molecular formula is C41H77N2O9P. The number of aliphatic hydroxyl groups excluding tert-OH is 4. The second-order valence-corrected chi connectivity index (χ2v) is 17.4. The molecule has 0 aromatic carbocycles. The normalized spacial score (nSPS) is 22.5. The van der Waals surface area contributed by atoms with Crippen LogP contribution in [0.15, 0.2) is 36.5 Å². The van der Waals surface area contributed by atoms with Crippen LogP contribution in [0.4, 0.5) is 0 Å². The van der Waals surface area contributed by atoms with E-state index in [1.165, 1.54) is 32.1 Å². The molecule has 12 heteroatoms. The predicted octanol–water partition coefficient (Wildman–Crippen LogP) is 6.49. The fourth-order valence-corrected chi connectivity index (χ4v) is 7.28. The number of nitrogens with one attached hydrogen (secondary N) is 1. The molecule has 8 atom stereocenters. The van der Waals surface area contributed by atoms with Gasteiger partial charge in [-0.1, -0.05) is 115 Å². The van der Waals surface area contributed by atoms with Crippen LogP contribution in [0.1, 0.15) is 136 Å². The van der Waals surface area contributed by atoms with Gasteiger partial charge in [0.25, 0.3) is 7.82 Å². The Morgan fingerprint density at radius 3 is 2.21 bits per heavy atom. The molecule has 0 spiro atoms. The zero-order chi connectivity index (χ0) is 39.5. The van der Waals surface area contributed by atoms with Gasteiger partial charge in [-0.25, -0.2) is 0 Å². The number of phosphoric acid groups is 1. The molecule has 11 nitrogen and oxygen atoms in total. The van der Waals surface area contributed by atoms with Crippen molar-refractivity contribution in [3.05, 3.63) is 36.5 Å². The molecule has 0 bridgehead atoms. The van der Waals surface area contributed by atoms with E-state index in [9.17, 15) is 34.7 Å². The first kappa shape index (κ1) is 49.6. The van der Waals surface area contributed by atoms with Gasteiger partial charge in [-0.05, 0) is 50.9 Å². The third kappa shape index (κ3) is 25.4. The summed E-state index contributed by atoms with van der Waals surface area (Å²) in [5.74, 6) is -0.575. The first-order valence-corrected chi connectivity index (χ1v) is 22.1. The van der Waals surface area contributed by atoms with Gasteiger partial charge in [0.2, 0.25) is 5.91 Å². The van der Waals surface area contributed by atoms with Gasteiger partial charge in [0.15, 0.2) is 0 Å². The van der Waals surface area contributed by atoms with Crippen molar-refractivity contribution in [3.63, 3.8) is 0 Å². The van der Waals surface area contributed by atoms with E-state index in [1.807, 2.05) is 33.3 Å². The monoisotopic (exact) mass is 773 g/mol. The summed E-state index contributed by atoms with van der Waals surface area (Å²) >= 11 is 0. The highest BCUT2D eigenvalue weighted by atomic mass is 31.2. The SMILES string of the molecule is CCCCCCC/C=C\CC/C=C/[C@@H](O)[C@H](COP(=O)([O-])OCC[N+](C)(C)C)NC(=O)CCCCCC[C@@H]1[C@@H](/C=C/[C@@H](O)CCCCC)[C@H](O)C[C@@H]1O. The fourth-order valence-electron chi connectivity index (χ4n) is 6.56. The van der Waals surface area contributed by atoms with E-state index in [1.54, 1.807) is 12.2 Å². The van der Waals surface area contributed by atoms with Crippen molar-refractivity contribution in [1.82, 2.24) is 5.32 Å². The van der Waals surface area contributed by atoms with Crippen LogP contribution in [-0.2, 0) is 18.4 Å². The van der Waals surface area contributed by atoms with Crippen LogP contribution in [0.25, 0.3) is 0 Å². The number of quaternary nitrogens is 1. The maximum Gasteiger partial charge on any atom is 0.268 e. The molecule has 1 saturated carbocycles. The minimum Gasteiger partial charge on any atom is -0.756 e. The predicted molar refractivity (Wildman–Crippen MR) is 212 cm³/mol. The summed E-state index contributed by atoms with van der Waals surface area (Å²) in [6.45, 7) is 4.28. The molecule has 5 N–H and O–H groups in total. The lowest BCUT2D eigenvalue weighted by molar-refractivity contribution is -0.870. The molecule has 1 aliphatic carbocycles. The second kappa shape index (κ2) is 28.9. The summed E-state index contributed by atoms with van der Waals surface area (Å²) in [6, 6.07) is -0.980. The molecule has 310 valence electrons. The second-order valence-electron chi connectivity index (χ2n) is 15.9. The van der Waals surface area contributed by atoms with Crippen molar-refractivity contribution >= 4 is 13.7 Å². The van der Waals surface area contributed by atoms with Gasteiger partial charge in [0.05, 0.1) is 58.2 Å². The third-order valence-electron chi connectivity index (χ3n) is 9.92. The summed E-state index contributed by atoms with van der Waals surface area (Å²) < 4.78 is 23.1. The van der Waals surface area contributed by atoms with Gasteiger partial charge in [0, 0.05) is 18.8 Å². The number of likely N-dealkylation sites (N-methyl/N-ethyl adjacent to an activating group) is 1. The van der Waals surface area contributed by atoms with Crippen molar-refractivity contribution in [2.75, 3.05) is 40.9 Å². The van der Waals surface area contributed by atoms with Crippen molar-refractivity contribution in [2.24, 2.45) is 11.8 Å².